The molecule has 1 heterocycles. The van der Waals surface area contributed by atoms with Gasteiger partial charge in [0.15, 0.2) is 5.75 Å². The molecular formula is C24H31ClN4O5S. The maximum absolute atomic E-state index is 13.6. The number of esters is 1. The molecule has 11 heteroatoms. The fraction of sp³-hybridized carbons (Fsp3) is 0.417. The average Bonchev–Trinajstić information content (AvgIpc) is 3.08. The number of rotatable bonds is 13. The Kier molecular flexibility index (Phi) is 10.8. The number of ketones is 1. The number of aryl methyl sites for hydroxylation is 2. The molecule has 0 saturated carbocycles. The van der Waals surface area contributed by atoms with Gasteiger partial charge >= 0.3 is 5.97 Å². The van der Waals surface area contributed by atoms with Gasteiger partial charge in [-0.05, 0) is 45.2 Å². The van der Waals surface area contributed by atoms with Crippen molar-refractivity contribution in [2.24, 2.45) is 7.05 Å². The zero-order valence-corrected chi connectivity index (χ0v) is 22.4. The molecule has 2 rings (SSSR count). The SMILES string of the molecule is CCN/C(=C\C(C)=N)C(=O)Oc1c(C(=O)c2ccc(SC)c(OCCCOC)c2Cl)c(C)nn1C. The monoisotopic (exact) mass is 522 g/mol. The van der Waals surface area contributed by atoms with Gasteiger partial charge < -0.3 is 24.9 Å². The Morgan fingerprint density at radius 3 is 2.63 bits per heavy atom. The molecule has 0 saturated heterocycles. The van der Waals surface area contributed by atoms with Crippen LogP contribution in [0.3, 0.4) is 0 Å². The first-order valence-corrected chi connectivity index (χ1v) is 12.6. The Bertz CT molecular complexity index is 1130. The minimum atomic E-state index is -0.735. The topological polar surface area (TPSA) is 116 Å². The summed E-state index contributed by atoms with van der Waals surface area (Å²) >= 11 is 8.10. The zero-order valence-electron chi connectivity index (χ0n) is 20.8. The molecule has 0 spiro atoms. The van der Waals surface area contributed by atoms with E-state index in [1.165, 1.54) is 22.5 Å². The van der Waals surface area contributed by atoms with Gasteiger partial charge in [-0.25, -0.2) is 9.48 Å². The van der Waals surface area contributed by atoms with Crippen molar-refractivity contribution in [2.75, 3.05) is 33.1 Å². The third-order valence-corrected chi connectivity index (χ3v) is 5.94. The number of carbonyl (C=O) groups is 2. The molecule has 0 amide bonds. The Morgan fingerprint density at radius 1 is 1.31 bits per heavy atom. The predicted molar refractivity (Wildman–Crippen MR) is 137 cm³/mol. The average molecular weight is 523 g/mol. The lowest BCUT2D eigenvalue weighted by molar-refractivity contribution is -0.131. The molecule has 190 valence electrons. The number of ether oxygens (including phenoxy) is 3. The second-order valence-electron chi connectivity index (χ2n) is 7.53. The van der Waals surface area contributed by atoms with E-state index in [1.807, 2.05) is 13.2 Å². The van der Waals surface area contributed by atoms with E-state index in [9.17, 15) is 9.59 Å². The normalized spacial score (nSPS) is 11.3. The van der Waals surface area contributed by atoms with Gasteiger partial charge in [-0.1, -0.05) is 11.6 Å². The number of hydrogen-bond acceptors (Lipinski definition) is 9. The molecule has 0 fully saturated rings. The molecule has 0 unspecified atom stereocenters. The first-order chi connectivity index (χ1) is 16.7. The molecule has 35 heavy (non-hydrogen) atoms. The number of likely N-dealkylation sites (N-methyl/N-ethyl adjacent to an activating group) is 1. The summed E-state index contributed by atoms with van der Waals surface area (Å²) in [6, 6.07) is 3.39. The zero-order chi connectivity index (χ0) is 26.1. The van der Waals surface area contributed by atoms with Crippen LogP contribution in [-0.4, -0.2) is 60.4 Å². The van der Waals surface area contributed by atoms with Crippen LogP contribution in [0.1, 0.15) is 41.9 Å². The quantitative estimate of drug-likeness (QED) is 0.100. The van der Waals surface area contributed by atoms with Gasteiger partial charge in [-0.15, -0.1) is 11.8 Å². The second kappa shape index (κ2) is 13.3. The summed E-state index contributed by atoms with van der Waals surface area (Å²) in [5.41, 5.74) is 0.982. The molecule has 1 aromatic carbocycles. The van der Waals surface area contributed by atoms with Crippen molar-refractivity contribution in [3.63, 3.8) is 0 Å². The Balaban J connectivity index is 2.47. The lowest BCUT2D eigenvalue weighted by atomic mass is 10.0. The van der Waals surface area contributed by atoms with Crippen LogP contribution in [0.25, 0.3) is 0 Å². The standard InChI is InChI=1S/C24H31ClN4O5S/c1-7-27-17(13-14(2)26)24(31)34-23-19(15(3)28-29(23)4)21(30)16-9-10-18(35-6)22(20(16)25)33-12-8-11-32-5/h9-10,13,26-27H,7-8,11-12H2,1-6H3/b17-13-,26-14?. The molecule has 2 aromatic rings. The molecule has 0 aliphatic carbocycles. The first kappa shape index (κ1) is 28.4. The number of methoxy groups -OCH3 is 1. The number of hydrogen-bond donors (Lipinski definition) is 2. The van der Waals surface area contributed by atoms with Crippen LogP contribution in [0.4, 0.5) is 0 Å². The van der Waals surface area contributed by atoms with Gasteiger partial charge in [0.2, 0.25) is 11.7 Å². The molecule has 0 atom stereocenters. The van der Waals surface area contributed by atoms with Crippen LogP contribution in [0.15, 0.2) is 28.8 Å². The van der Waals surface area contributed by atoms with Crippen molar-refractivity contribution in [3.05, 3.63) is 45.7 Å². The van der Waals surface area contributed by atoms with Crippen LogP contribution < -0.4 is 14.8 Å². The molecule has 2 N–H and O–H groups in total. The number of allylic oxidation sites excluding steroid dienone is 1. The number of nitrogens with one attached hydrogen (secondary N) is 2. The summed E-state index contributed by atoms with van der Waals surface area (Å²) in [7, 11) is 3.19. The molecule has 0 bridgehead atoms. The van der Waals surface area contributed by atoms with Crippen LogP contribution in [-0.2, 0) is 16.6 Å². The smallest absolute Gasteiger partial charge is 0.361 e. The molecule has 0 radical (unpaired) electrons. The van der Waals surface area contributed by atoms with E-state index in [4.69, 9.17) is 31.2 Å². The maximum atomic E-state index is 13.6. The summed E-state index contributed by atoms with van der Waals surface area (Å²) in [6.45, 7) is 6.38. The largest absolute Gasteiger partial charge is 0.491 e. The van der Waals surface area contributed by atoms with E-state index in [0.29, 0.717) is 37.6 Å². The van der Waals surface area contributed by atoms with Gasteiger partial charge in [-0.2, -0.15) is 5.10 Å². The van der Waals surface area contributed by atoms with Crippen molar-refractivity contribution in [1.82, 2.24) is 15.1 Å². The van der Waals surface area contributed by atoms with Crippen LogP contribution in [0.2, 0.25) is 5.02 Å². The third-order valence-electron chi connectivity index (χ3n) is 4.80. The molecule has 9 nitrogen and oxygen atoms in total. The first-order valence-electron chi connectivity index (χ1n) is 11.0. The number of halogens is 1. The van der Waals surface area contributed by atoms with Gasteiger partial charge in [0, 0.05) is 45.0 Å². The van der Waals surface area contributed by atoms with E-state index < -0.39 is 11.8 Å². The number of nitrogens with zero attached hydrogens (tertiary/aromatic N) is 2. The summed E-state index contributed by atoms with van der Waals surface area (Å²) in [6.07, 6.45) is 3.92. The summed E-state index contributed by atoms with van der Waals surface area (Å²) < 4.78 is 17.9. The van der Waals surface area contributed by atoms with Crippen LogP contribution in [0, 0.1) is 12.3 Å². The molecule has 0 aliphatic heterocycles. The van der Waals surface area contributed by atoms with Crippen molar-refractivity contribution in [3.8, 4) is 11.6 Å². The minimum absolute atomic E-state index is 0.0171. The van der Waals surface area contributed by atoms with Gasteiger partial charge in [0.25, 0.3) is 0 Å². The highest BCUT2D eigenvalue weighted by molar-refractivity contribution is 7.98. The molecule has 1 aromatic heterocycles. The number of benzene rings is 1. The lowest BCUT2D eigenvalue weighted by Gasteiger charge is -2.15. The van der Waals surface area contributed by atoms with Gasteiger partial charge in [-0.3, -0.25) is 4.79 Å². The Morgan fingerprint density at radius 2 is 2.03 bits per heavy atom. The second-order valence-corrected chi connectivity index (χ2v) is 8.76. The van der Waals surface area contributed by atoms with Crippen LogP contribution in [0.5, 0.6) is 11.6 Å². The summed E-state index contributed by atoms with van der Waals surface area (Å²) in [5.74, 6) is -0.784. The van der Waals surface area contributed by atoms with E-state index in [1.54, 1.807) is 40.1 Å². The Hall–Kier alpha value is -2.82. The predicted octanol–water partition coefficient (Wildman–Crippen LogP) is 4.19. The fourth-order valence-corrected chi connectivity index (χ4v) is 4.18. The molecule has 0 aliphatic rings. The van der Waals surface area contributed by atoms with Gasteiger partial charge in [0.05, 0.1) is 22.2 Å². The highest BCUT2D eigenvalue weighted by Gasteiger charge is 2.28. The number of carbonyl (C=O) groups excluding carboxylic acids is 2. The van der Waals surface area contributed by atoms with Crippen LogP contribution >= 0.6 is 23.4 Å². The highest BCUT2D eigenvalue weighted by atomic mass is 35.5. The van der Waals surface area contributed by atoms with Crippen molar-refractivity contribution >= 4 is 40.8 Å². The third kappa shape index (κ3) is 7.09. The fourth-order valence-electron chi connectivity index (χ4n) is 3.27. The Labute approximate surface area is 214 Å². The van der Waals surface area contributed by atoms with E-state index >= 15 is 0 Å². The van der Waals surface area contributed by atoms with Crippen molar-refractivity contribution in [1.29, 1.82) is 5.41 Å². The van der Waals surface area contributed by atoms with E-state index in [0.717, 1.165) is 4.90 Å². The van der Waals surface area contributed by atoms with E-state index in [2.05, 4.69) is 10.4 Å². The minimum Gasteiger partial charge on any atom is -0.491 e. The highest BCUT2D eigenvalue weighted by Crippen LogP contribution is 2.39. The van der Waals surface area contributed by atoms with Crippen molar-refractivity contribution < 1.29 is 23.8 Å². The summed E-state index contributed by atoms with van der Waals surface area (Å²) in [5, 5.41) is 15.0. The number of aromatic nitrogens is 2. The van der Waals surface area contributed by atoms with Gasteiger partial charge in [0.1, 0.15) is 11.3 Å². The summed E-state index contributed by atoms with van der Waals surface area (Å²) in [4.78, 5) is 27.2. The number of thioether (sulfide) groups is 1. The van der Waals surface area contributed by atoms with E-state index in [-0.39, 0.29) is 33.4 Å². The molecular weight excluding hydrogens is 492 g/mol. The lowest BCUT2D eigenvalue weighted by Crippen LogP contribution is -2.26. The van der Waals surface area contributed by atoms with Crippen molar-refractivity contribution in [2.45, 2.75) is 32.1 Å². The maximum Gasteiger partial charge on any atom is 0.361 e.